The molecule has 36 heavy (non-hydrogen) atoms. The Morgan fingerprint density at radius 3 is 2.83 bits per heavy atom. The number of anilines is 1. The van der Waals surface area contributed by atoms with Gasteiger partial charge in [-0.25, -0.2) is 9.78 Å². The van der Waals surface area contributed by atoms with Crippen LogP contribution in [0.2, 0.25) is 0 Å². The standard InChI is InChI=1S/C20H22N8O5S3/c21-5-7-34-10-4-6-23-26-17(10)36-11-8-35-19-14(18(30)28(19)15(11)20(31)32)25-16(29)13(27-33)9-2-1-3-12(22)24-9/h1-4,6,13-14,19,27,33H,5,7-8,21H2,(H2,22,24)(H,25,29)(H,31,32)/t13-,14-,19-/m1/s1. The number of nitrogens with one attached hydrogen (secondary N) is 2. The molecule has 0 aromatic carbocycles. The molecule has 2 aliphatic heterocycles. The molecule has 2 aromatic heterocycles. The first kappa shape index (κ1) is 26.2. The van der Waals surface area contributed by atoms with Gasteiger partial charge in [0.1, 0.15) is 28.0 Å². The summed E-state index contributed by atoms with van der Waals surface area (Å²) < 4.78 is 0. The Balaban J connectivity index is 1.52. The molecule has 0 radical (unpaired) electrons. The Bertz CT molecular complexity index is 1220. The van der Waals surface area contributed by atoms with Crippen LogP contribution in [-0.2, 0) is 14.4 Å². The summed E-state index contributed by atoms with van der Waals surface area (Å²) in [5, 5.41) is 29.9. The fourth-order valence-corrected chi connectivity index (χ4v) is 6.94. The quantitative estimate of drug-likeness (QED) is 0.131. The Hall–Kier alpha value is -2.89. The van der Waals surface area contributed by atoms with Gasteiger partial charge in [0.05, 0.1) is 11.9 Å². The van der Waals surface area contributed by atoms with Gasteiger partial charge in [-0.15, -0.1) is 28.6 Å². The Morgan fingerprint density at radius 1 is 1.33 bits per heavy atom. The highest BCUT2D eigenvalue weighted by molar-refractivity contribution is 8.07. The number of nitrogens with two attached hydrogens (primary N) is 2. The zero-order valence-electron chi connectivity index (χ0n) is 18.5. The Morgan fingerprint density at radius 2 is 2.14 bits per heavy atom. The molecule has 4 rings (SSSR count). The fourth-order valence-electron chi connectivity index (χ4n) is 3.57. The van der Waals surface area contributed by atoms with Crippen LogP contribution in [0, 0.1) is 0 Å². The van der Waals surface area contributed by atoms with Crippen molar-refractivity contribution in [1.29, 1.82) is 0 Å². The number of rotatable bonds is 10. The van der Waals surface area contributed by atoms with Crippen LogP contribution < -0.4 is 22.3 Å². The number of nitrogen functional groups attached to an aromatic ring is 1. The molecule has 3 atom stereocenters. The first-order chi connectivity index (χ1) is 17.3. The van der Waals surface area contributed by atoms with E-state index in [4.69, 9.17) is 11.5 Å². The van der Waals surface area contributed by atoms with E-state index in [1.54, 1.807) is 18.3 Å². The van der Waals surface area contributed by atoms with Gasteiger partial charge in [0.25, 0.3) is 5.91 Å². The molecule has 1 saturated heterocycles. The highest BCUT2D eigenvalue weighted by Gasteiger charge is 2.54. The van der Waals surface area contributed by atoms with Gasteiger partial charge < -0.3 is 27.1 Å². The van der Waals surface area contributed by atoms with Gasteiger partial charge in [-0.05, 0) is 18.2 Å². The number of aromatic nitrogens is 3. The third-order valence-electron chi connectivity index (χ3n) is 5.16. The van der Waals surface area contributed by atoms with Crippen molar-refractivity contribution in [1.82, 2.24) is 30.9 Å². The molecule has 0 bridgehead atoms. The third-order valence-corrected chi connectivity index (χ3v) is 8.91. The second kappa shape index (κ2) is 11.4. The van der Waals surface area contributed by atoms with E-state index in [-0.39, 0.29) is 23.0 Å². The van der Waals surface area contributed by atoms with Gasteiger partial charge in [-0.1, -0.05) is 17.8 Å². The molecule has 1 fully saturated rings. The summed E-state index contributed by atoms with van der Waals surface area (Å²) in [6, 6.07) is 4.12. The lowest BCUT2D eigenvalue weighted by atomic mass is 10.0. The van der Waals surface area contributed by atoms with Crippen molar-refractivity contribution in [3.05, 3.63) is 46.8 Å². The van der Waals surface area contributed by atoms with Gasteiger partial charge in [0, 0.05) is 27.9 Å². The second-order valence-electron chi connectivity index (χ2n) is 7.46. The van der Waals surface area contributed by atoms with Crippen molar-refractivity contribution in [2.75, 3.05) is 23.8 Å². The minimum atomic E-state index is -1.27. The van der Waals surface area contributed by atoms with E-state index in [1.165, 1.54) is 35.7 Å². The molecule has 16 heteroatoms. The normalized spacial score (nSPS) is 19.9. The molecular weight excluding hydrogens is 528 g/mol. The van der Waals surface area contributed by atoms with Gasteiger partial charge in [-0.2, -0.15) is 10.6 Å². The molecule has 2 aromatic rings. The number of β-lactam (4-membered cyclic amide) rings is 1. The number of carboxylic acids is 1. The van der Waals surface area contributed by atoms with E-state index in [0.29, 0.717) is 22.2 Å². The molecule has 0 unspecified atom stereocenters. The maximum absolute atomic E-state index is 13.0. The number of thioether (sulfide) groups is 3. The number of hydrogen-bond donors (Lipinski definition) is 6. The molecule has 2 aliphatic rings. The highest BCUT2D eigenvalue weighted by atomic mass is 32.2. The van der Waals surface area contributed by atoms with Crippen LogP contribution in [0.4, 0.5) is 5.82 Å². The summed E-state index contributed by atoms with van der Waals surface area (Å²) in [5.41, 5.74) is 13.1. The number of aliphatic carboxylic acids is 1. The number of hydrogen-bond acceptors (Lipinski definition) is 13. The molecule has 13 nitrogen and oxygen atoms in total. The summed E-state index contributed by atoms with van der Waals surface area (Å²) in [4.78, 5) is 44.4. The average molecular weight is 551 g/mol. The monoisotopic (exact) mass is 550 g/mol. The summed E-state index contributed by atoms with van der Waals surface area (Å²) in [6.45, 7) is 0.466. The van der Waals surface area contributed by atoms with Crippen LogP contribution in [0.3, 0.4) is 0 Å². The van der Waals surface area contributed by atoms with E-state index in [1.807, 2.05) is 5.48 Å². The highest BCUT2D eigenvalue weighted by Crippen LogP contribution is 2.46. The Labute approximate surface area is 217 Å². The molecule has 4 heterocycles. The van der Waals surface area contributed by atoms with E-state index < -0.39 is 35.2 Å². The van der Waals surface area contributed by atoms with E-state index in [2.05, 4.69) is 20.5 Å². The molecular formula is C20H22N8O5S3. The number of nitrogens with zero attached hydrogens (tertiary/aromatic N) is 4. The predicted octanol–water partition coefficient (Wildman–Crippen LogP) is 0.0129. The third kappa shape index (κ3) is 5.28. The number of hydroxylamine groups is 1. The summed E-state index contributed by atoms with van der Waals surface area (Å²) >= 11 is 3.93. The van der Waals surface area contributed by atoms with Crippen LogP contribution >= 0.6 is 35.3 Å². The smallest absolute Gasteiger partial charge is 0.353 e. The lowest BCUT2D eigenvalue weighted by Crippen LogP contribution is -2.71. The van der Waals surface area contributed by atoms with Crippen LogP contribution in [0.5, 0.6) is 0 Å². The van der Waals surface area contributed by atoms with E-state index >= 15 is 0 Å². The maximum Gasteiger partial charge on any atom is 0.353 e. The number of fused-ring (bicyclic) bond motifs is 1. The largest absolute Gasteiger partial charge is 0.477 e. The summed E-state index contributed by atoms with van der Waals surface area (Å²) in [6.07, 6.45) is 1.54. The SMILES string of the molecule is NCCSc1ccnnc1SC1=C(C(=O)O)N2C(=O)[C@@H](NC(=O)[C@H](NO)c3cccc(N)n3)[C@H]2SC1. The number of carbonyl (C=O) groups excluding carboxylic acids is 2. The van der Waals surface area contributed by atoms with Crippen molar-refractivity contribution >= 4 is 58.9 Å². The lowest BCUT2D eigenvalue weighted by Gasteiger charge is -2.49. The van der Waals surface area contributed by atoms with Crippen molar-refractivity contribution in [3.63, 3.8) is 0 Å². The zero-order chi connectivity index (χ0) is 25.8. The molecule has 0 spiro atoms. The van der Waals surface area contributed by atoms with Crippen molar-refractivity contribution in [2.45, 2.75) is 27.4 Å². The van der Waals surface area contributed by atoms with Crippen LogP contribution in [0.25, 0.3) is 0 Å². The van der Waals surface area contributed by atoms with Crippen molar-refractivity contribution < 1.29 is 24.7 Å². The number of carboxylic acid groups (broad SMARTS) is 1. The molecule has 2 amide bonds. The van der Waals surface area contributed by atoms with Gasteiger partial charge >= 0.3 is 5.97 Å². The zero-order valence-corrected chi connectivity index (χ0v) is 21.0. The minimum absolute atomic E-state index is 0.156. The number of pyridine rings is 1. The van der Waals surface area contributed by atoms with Gasteiger partial charge in [0.2, 0.25) is 5.91 Å². The van der Waals surface area contributed by atoms with Crippen molar-refractivity contribution in [3.8, 4) is 0 Å². The second-order valence-corrected chi connectivity index (χ2v) is 10.8. The number of carbonyl (C=O) groups is 3. The van der Waals surface area contributed by atoms with Crippen LogP contribution in [0.15, 0.2) is 51.0 Å². The first-order valence-corrected chi connectivity index (χ1v) is 13.4. The van der Waals surface area contributed by atoms with Crippen LogP contribution in [0.1, 0.15) is 11.7 Å². The lowest BCUT2D eigenvalue weighted by molar-refractivity contribution is -0.151. The van der Waals surface area contributed by atoms with Gasteiger partial charge in [0.15, 0.2) is 6.04 Å². The molecule has 0 saturated carbocycles. The molecule has 8 N–H and O–H groups in total. The average Bonchev–Trinajstić information content (AvgIpc) is 2.86. The van der Waals surface area contributed by atoms with E-state index in [0.717, 1.165) is 21.6 Å². The van der Waals surface area contributed by atoms with E-state index in [9.17, 15) is 24.7 Å². The van der Waals surface area contributed by atoms with Gasteiger partial charge in [-0.3, -0.25) is 14.5 Å². The fraction of sp³-hybridized carbons (Fsp3) is 0.300. The molecule has 190 valence electrons. The maximum atomic E-state index is 13.0. The summed E-state index contributed by atoms with van der Waals surface area (Å²) in [7, 11) is 0. The van der Waals surface area contributed by atoms with Crippen molar-refractivity contribution in [2.24, 2.45) is 5.73 Å². The minimum Gasteiger partial charge on any atom is -0.477 e. The molecule has 0 aliphatic carbocycles. The topological polar surface area (TPSA) is 210 Å². The Kier molecular flexibility index (Phi) is 8.32. The first-order valence-electron chi connectivity index (χ1n) is 10.5. The van der Waals surface area contributed by atoms with Crippen LogP contribution in [-0.4, -0.2) is 77.6 Å². The summed E-state index contributed by atoms with van der Waals surface area (Å²) in [5.74, 6) is -1.46. The number of amides is 2. The predicted molar refractivity (Wildman–Crippen MR) is 134 cm³/mol.